The van der Waals surface area contributed by atoms with E-state index >= 15 is 0 Å². The van der Waals surface area contributed by atoms with Gasteiger partial charge in [0.25, 0.3) is 0 Å². The van der Waals surface area contributed by atoms with Gasteiger partial charge in [-0.2, -0.15) is 0 Å². The van der Waals surface area contributed by atoms with E-state index in [-0.39, 0.29) is 0 Å². The lowest BCUT2D eigenvalue weighted by Gasteiger charge is -2.11. The molecule has 1 atom stereocenters. The Bertz CT molecular complexity index is 271. The summed E-state index contributed by atoms with van der Waals surface area (Å²) in [6, 6.07) is 6.38. The summed E-state index contributed by atoms with van der Waals surface area (Å²) in [6.07, 6.45) is 0. The van der Waals surface area contributed by atoms with E-state index in [2.05, 4.69) is 48.0 Å². The summed E-state index contributed by atoms with van der Waals surface area (Å²) in [6.45, 7) is 4.92. The molecule has 66 valence electrons. The monoisotopic (exact) mass is 227 g/mol. The molecule has 12 heavy (non-hydrogen) atoms. The van der Waals surface area contributed by atoms with Crippen molar-refractivity contribution in [2.24, 2.45) is 5.73 Å². The SMILES string of the molecule is Cc1ccc(C(C)CN)c(Br)c1. The largest absolute Gasteiger partial charge is 0.330 e. The number of aryl methyl sites for hydroxylation is 1. The second-order valence-electron chi connectivity index (χ2n) is 3.16. The Hall–Kier alpha value is -0.340. The molecule has 0 spiro atoms. The molecule has 1 nitrogen and oxygen atoms in total. The van der Waals surface area contributed by atoms with E-state index in [1.54, 1.807) is 0 Å². The maximum Gasteiger partial charge on any atom is 0.0213 e. The van der Waals surface area contributed by atoms with Crippen molar-refractivity contribution in [2.45, 2.75) is 19.8 Å². The van der Waals surface area contributed by atoms with Crippen LogP contribution in [0.15, 0.2) is 22.7 Å². The number of rotatable bonds is 2. The summed E-state index contributed by atoms with van der Waals surface area (Å²) >= 11 is 3.53. The van der Waals surface area contributed by atoms with Gasteiger partial charge in [-0.3, -0.25) is 0 Å². The predicted molar refractivity (Wildman–Crippen MR) is 56.3 cm³/mol. The molecule has 1 rings (SSSR count). The van der Waals surface area contributed by atoms with Crippen molar-refractivity contribution in [2.75, 3.05) is 6.54 Å². The third-order valence-electron chi connectivity index (χ3n) is 2.04. The van der Waals surface area contributed by atoms with Crippen LogP contribution in [-0.2, 0) is 0 Å². The molecule has 0 aliphatic heterocycles. The van der Waals surface area contributed by atoms with Crippen molar-refractivity contribution in [3.05, 3.63) is 33.8 Å². The third-order valence-corrected chi connectivity index (χ3v) is 2.73. The topological polar surface area (TPSA) is 26.0 Å². The summed E-state index contributed by atoms with van der Waals surface area (Å²) < 4.78 is 1.17. The highest BCUT2D eigenvalue weighted by Gasteiger charge is 2.06. The fourth-order valence-corrected chi connectivity index (χ4v) is 2.04. The molecule has 0 saturated carbocycles. The van der Waals surface area contributed by atoms with Gasteiger partial charge in [0, 0.05) is 4.47 Å². The van der Waals surface area contributed by atoms with E-state index in [0.717, 1.165) is 0 Å². The second-order valence-corrected chi connectivity index (χ2v) is 4.02. The highest BCUT2D eigenvalue weighted by atomic mass is 79.9. The van der Waals surface area contributed by atoms with E-state index < -0.39 is 0 Å². The van der Waals surface area contributed by atoms with Crippen LogP contribution in [0.5, 0.6) is 0 Å². The van der Waals surface area contributed by atoms with Gasteiger partial charge < -0.3 is 5.73 Å². The van der Waals surface area contributed by atoms with Gasteiger partial charge in [0.15, 0.2) is 0 Å². The van der Waals surface area contributed by atoms with Crippen molar-refractivity contribution in [1.82, 2.24) is 0 Å². The first-order valence-corrected chi connectivity index (χ1v) is 4.90. The van der Waals surface area contributed by atoms with Crippen LogP contribution in [-0.4, -0.2) is 6.54 Å². The Balaban J connectivity index is 3.01. The highest BCUT2D eigenvalue weighted by Crippen LogP contribution is 2.24. The van der Waals surface area contributed by atoms with Crippen molar-refractivity contribution >= 4 is 15.9 Å². The standard InChI is InChI=1S/C10H14BrN/c1-7-3-4-9(8(2)6-12)10(11)5-7/h3-5,8H,6,12H2,1-2H3. The number of halogens is 1. The van der Waals surface area contributed by atoms with Gasteiger partial charge in [0.05, 0.1) is 0 Å². The van der Waals surface area contributed by atoms with Gasteiger partial charge >= 0.3 is 0 Å². The van der Waals surface area contributed by atoms with Crippen LogP contribution in [0.1, 0.15) is 24.0 Å². The van der Waals surface area contributed by atoms with Crippen molar-refractivity contribution < 1.29 is 0 Å². The molecule has 0 heterocycles. The summed E-state index contributed by atoms with van der Waals surface area (Å²) in [5, 5.41) is 0. The minimum Gasteiger partial charge on any atom is -0.330 e. The Morgan fingerprint density at radius 3 is 2.67 bits per heavy atom. The molecular weight excluding hydrogens is 214 g/mol. The zero-order valence-corrected chi connectivity index (χ0v) is 9.06. The van der Waals surface area contributed by atoms with E-state index in [4.69, 9.17) is 5.73 Å². The molecule has 0 saturated heterocycles. The summed E-state index contributed by atoms with van der Waals surface area (Å²) in [5.74, 6) is 0.431. The zero-order chi connectivity index (χ0) is 9.14. The molecule has 1 aromatic rings. The maximum atomic E-state index is 5.59. The van der Waals surface area contributed by atoms with Gasteiger partial charge in [-0.15, -0.1) is 0 Å². The molecule has 1 aromatic carbocycles. The molecule has 1 unspecified atom stereocenters. The van der Waals surface area contributed by atoms with E-state index in [0.29, 0.717) is 12.5 Å². The quantitative estimate of drug-likeness (QED) is 0.827. The Kier molecular flexibility index (Phi) is 3.29. The molecular formula is C10H14BrN. The average Bonchev–Trinajstić information content (AvgIpc) is 2.03. The number of hydrogen-bond donors (Lipinski definition) is 1. The smallest absolute Gasteiger partial charge is 0.0213 e. The van der Waals surface area contributed by atoms with Crippen LogP contribution in [0.4, 0.5) is 0 Å². The van der Waals surface area contributed by atoms with Crippen LogP contribution in [0.25, 0.3) is 0 Å². The molecule has 2 heteroatoms. The van der Waals surface area contributed by atoms with Crippen LogP contribution in [0, 0.1) is 6.92 Å². The molecule has 0 aromatic heterocycles. The molecule has 2 N–H and O–H groups in total. The first-order valence-electron chi connectivity index (χ1n) is 4.11. The second kappa shape index (κ2) is 4.06. The number of nitrogens with two attached hydrogens (primary N) is 1. The van der Waals surface area contributed by atoms with Crippen molar-refractivity contribution in [3.8, 4) is 0 Å². The first kappa shape index (κ1) is 9.75. The molecule has 0 amide bonds. The van der Waals surface area contributed by atoms with Gasteiger partial charge in [-0.1, -0.05) is 35.0 Å². The zero-order valence-electron chi connectivity index (χ0n) is 7.47. The van der Waals surface area contributed by atoms with E-state index in [9.17, 15) is 0 Å². The first-order chi connectivity index (χ1) is 5.65. The van der Waals surface area contributed by atoms with Crippen LogP contribution >= 0.6 is 15.9 Å². The molecule has 0 radical (unpaired) electrons. The highest BCUT2D eigenvalue weighted by molar-refractivity contribution is 9.10. The van der Waals surface area contributed by atoms with E-state index in [1.807, 2.05) is 0 Å². The summed E-state index contributed by atoms with van der Waals surface area (Å²) in [4.78, 5) is 0. The Labute approximate surface area is 82.1 Å². The lowest BCUT2D eigenvalue weighted by molar-refractivity contribution is 0.770. The lowest BCUT2D eigenvalue weighted by atomic mass is 10.0. The summed E-state index contributed by atoms with van der Waals surface area (Å²) in [5.41, 5.74) is 8.16. The normalized spacial score (nSPS) is 13.0. The fourth-order valence-electron chi connectivity index (χ4n) is 1.16. The van der Waals surface area contributed by atoms with Crippen molar-refractivity contribution in [3.63, 3.8) is 0 Å². The van der Waals surface area contributed by atoms with Crippen LogP contribution in [0.3, 0.4) is 0 Å². The average molecular weight is 228 g/mol. The maximum absolute atomic E-state index is 5.59. The molecule has 0 aliphatic rings. The Morgan fingerprint density at radius 2 is 2.17 bits per heavy atom. The predicted octanol–water partition coefficient (Wildman–Crippen LogP) is 2.82. The van der Waals surface area contributed by atoms with E-state index in [1.165, 1.54) is 15.6 Å². The number of benzene rings is 1. The van der Waals surface area contributed by atoms with Gasteiger partial charge in [-0.25, -0.2) is 0 Å². The van der Waals surface area contributed by atoms with Gasteiger partial charge in [0.1, 0.15) is 0 Å². The minimum absolute atomic E-state index is 0.431. The third kappa shape index (κ3) is 2.08. The van der Waals surface area contributed by atoms with Crippen LogP contribution in [0.2, 0.25) is 0 Å². The number of hydrogen-bond acceptors (Lipinski definition) is 1. The van der Waals surface area contributed by atoms with Gasteiger partial charge in [0.2, 0.25) is 0 Å². The molecule has 0 aliphatic carbocycles. The molecule has 0 fully saturated rings. The minimum atomic E-state index is 0.431. The fraction of sp³-hybridized carbons (Fsp3) is 0.400. The van der Waals surface area contributed by atoms with Gasteiger partial charge in [-0.05, 0) is 36.6 Å². The van der Waals surface area contributed by atoms with Crippen molar-refractivity contribution in [1.29, 1.82) is 0 Å². The summed E-state index contributed by atoms with van der Waals surface area (Å²) in [7, 11) is 0. The molecule has 0 bridgehead atoms. The Morgan fingerprint density at radius 1 is 1.50 bits per heavy atom. The van der Waals surface area contributed by atoms with Crippen LogP contribution < -0.4 is 5.73 Å². The lowest BCUT2D eigenvalue weighted by Crippen LogP contribution is -2.09.